The predicted octanol–water partition coefficient (Wildman–Crippen LogP) is 5.23. The largest absolute Gasteiger partial charge is 0.281 e. The maximum absolute atomic E-state index is 12.6. The Morgan fingerprint density at radius 2 is 0.958 bits per heavy atom. The number of hydrogen-bond donors (Lipinski definition) is 0. The van der Waals surface area contributed by atoms with E-state index >= 15 is 0 Å². The van der Waals surface area contributed by atoms with Gasteiger partial charge in [-0.2, -0.15) is 0 Å². The Kier molecular flexibility index (Phi) is 5.11. The van der Waals surface area contributed by atoms with Gasteiger partial charge in [-0.1, -0.05) is 91.0 Å². The molecule has 0 fully saturated rings. The summed E-state index contributed by atoms with van der Waals surface area (Å²) < 4.78 is 17.4. The molecule has 1 unspecified atom stereocenters. The van der Waals surface area contributed by atoms with E-state index < -0.39 is 13.7 Å². The summed E-state index contributed by atoms with van der Waals surface area (Å²) in [5.41, 5.74) is 0. The number of rotatable bonds is 4. The molecule has 0 amide bonds. The highest BCUT2D eigenvalue weighted by Crippen LogP contribution is 2.61. The summed E-state index contributed by atoms with van der Waals surface area (Å²) in [6.45, 7) is -1.62. The molecule has 122 valence electrons. The monoisotopic (exact) mass is 373 g/mol. The van der Waals surface area contributed by atoms with Gasteiger partial charge in [-0.25, -0.2) is 4.52 Å². The van der Waals surface area contributed by atoms with Gasteiger partial charge in [-0.3, -0.25) is 4.57 Å². The molecule has 0 spiro atoms. The predicted molar refractivity (Wildman–Crippen MR) is 107 cm³/mol. The second kappa shape index (κ2) is 7.11. The first kappa shape index (κ1) is 17.2. The molecule has 2 nitrogen and oxygen atoms in total. The minimum atomic E-state index is -3.14. The SMILES string of the molecule is CP(=O)(Cl)N=P(c1ccccc1)(c1ccccc1)c1ccccc1. The molecule has 24 heavy (non-hydrogen) atoms. The van der Waals surface area contributed by atoms with Crippen molar-refractivity contribution in [3.63, 3.8) is 0 Å². The lowest BCUT2D eigenvalue weighted by Crippen LogP contribution is -2.25. The highest BCUT2D eigenvalue weighted by Gasteiger charge is 2.29. The van der Waals surface area contributed by atoms with E-state index in [2.05, 4.69) is 0 Å². The Morgan fingerprint density at radius 1 is 0.667 bits per heavy atom. The van der Waals surface area contributed by atoms with Crippen molar-refractivity contribution in [1.82, 2.24) is 0 Å². The van der Waals surface area contributed by atoms with E-state index in [0.717, 1.165) is 15.9 Å². The fourth-order valence-corrected chi connectivity index (χ4v) is 9.55. The van der Waals surface area contributed by atoms with Crippen molar-refractivity contribution in [3.8, 4) is 0 Å². The first-order valence-corrected chi connectivity index (χ1v) is 12.4. The van der Waals surface area contributed by atoms with E-state index in [1.54, 1.807) is 0 Å². The van der Waals surface area contributed by atoms with E-state index in [4.69, 9.17) is 15.8 Å². The molecule has 0 saturated heterocycles. The molecule has 0 aliphatic rings. The van der Waals surface area contributed by atoms with Gasteiger partial charge in [0.25, 0.3) is 6.65 Å². The molecule has 0 radical (unpaired) electrons. The molecular weight excluding hydrogens is 356 g/mol. The van der Waals surface area contributed by atoms with Crippen molar-refractivity contribution < 1.29 is 4.57 Å². The second-order valence-electron chi connectivity index (χ2n) is 5.51. The van der Waals surface area contributed by atoms with Crippen molar-refractivity contribution in [1.29, 1.82) is 0 Å². The zero-order valence-electron chi connectivity index (χ0n) is 13.3. The molecule has 1 atom stereocenters. The van der Waals surface area contributed by atoms with Crippen LogP contribution in [0.5, 0.6) is 0 Å². The second-order valence-corrected chi connectivity index (χ2v) is 12.5. The van der Waals surface area contributed by atoms with Crippen LogP contribution in [0.15, 0.2) is 95.5 Å². The van der Waals surface area contributed by atoms with Gasteiger partial charge >= 0.3 is 0 Å². The lowest BCUT2D eigenvalue weighted by Gasteiger charge is -2.27. The summed E-state index contributed by atoms with van der Waals surface area (Å²) in [6.07, 6.45) is 0. The van der Waals surface area contributed by atoms with Crippen molar-refractivity contribution in [2.24, 2.45) is 4.52 Å². The summed E-state index contributed by atoms with van der Waals surface area (Å²) in [5, 5.41) is 3.14. The lowest BCUT2D eigenvalue weighted by atomic mass is 10.4. The number of halogens is 1. The molecule has 5 heteroatoms. The molecule has 0 N–H and O–H groups in total. The van der Waals surface area contributed by atoms with Gasteiger partial charge in [0.1, 0.15) is 0 Å². The zero-order chi connectivity index (χ0) is 17.0. The molecule has 3 aromatic rings. The summed E-state index contributed by atoms with van der Waals surface area (Å²) in [4.78, 5) is 0. The number of nitrogens with zero attached hydrogens (tertiary/aromatic N) is 1. The summed E-state index contributed by atoms with van der Waals surface area (Å²) in [5.74, 6) is 0. The zero-order valence-corrected chi connectivity index (χ0v) is 15.8. The third-order valence-corrected chi connectivity index (χ3v) is 9.78. The third kappa shape index (κ3) is 3.57. The van der Waals surface area contributed by atoms with E-state index in [0.29, 0.717) is 0 Å². The third-order valence-electron chi connectivity index (χ3n) is 3.68. The summed E-state index contributed by atoms with van der Waals surface area (Å²) in [6, 6.07) is 30.1. The molecule has 0 bridgehead atoms. The van der Waals surface area contributed by atoms with Crippen LogP contribution in [-0.2, 0) is 4.57 Å². The minimum Gasteiger partial charge on any atom is -0.281 e. The maximum atomic E-state index is 12.6. The first-order valence-electron chi connectivity index (χ1n) is 7.60. The Labute approximate surface area is 147 Å². The van der Waals surface area contributed by atoms with Crippen LogP contribution in [0.25, 0.3) is 0 Å². The van der Waals surface area contributed by atoms with Gasteiger partial charge in [0, 0.05) is 22.6 Å². The van der Waals surface area contributed by atoms with Crippen LogP contribution in [0, 0.1) is 0 Å². The van der Waals surface area contributed by atoms with Crippen molar-refractivity contribution >= 4 is 40.9 Å². The van der Waals surface area contributed by atoms with E-state index in [9.17, 15) is 4.57 Å². The van der Waals surface area contributed by atoms with Gasteiger partial charge < -0.3 is 0 Å². The smallest absolute Gasteiger partial charge is 0.272 e. The Bertz CT molecular complexity index is 802. The number of hydrogen-bond acceptors (Lipinski definition) is 1. The number of benzene rings is 3. The molecule has 0 aromatic heterocycles. The topological polar surface area (TPSA) is 29.4 Å². The standard InChI is InChI=1S/C19H18ClNOP2/c1-23(20,22)21-24(17-11-5-2-6-12-17,18-13-7-3-8-14-18)19-15-9-4-10-16-19/h2-16H,1H3. The van der Waals surface area contributed by atoms with Crippen LogP contribution in [0.4, 0.5) is 0 Å². The fraction of sp³-hybridized carbons (Fsp3) is 0.0526. The van der Waals surface area contributed by atoms with Crippen LogP contribution >= 0.6 is 24.9 Å². The first-order chi connectivity index (χ1) is 11.5. The Morgan fingerprint density at radius 3 is 1.21 bits per heavy atom. The minimum absolute atomic E-state index is 1.05. The molecule has 0 saturated carbocycles. The van der Waals surface area contributed by atoms with Crippen LogP contribution in [0.2, 0.25) is 0 Å². The van der Waals surface area contributed by atoms with Crippen molar-refractivity contribution in [2.75, 3.05) is 6.66 Å². The highest BCUT2D eigenvalue weighted by atomic mass is 35.7. The van der Waals surface area contributed by atoms with Gasteiger partial charge in [0.05, 0.1) is 7.05 Å². The molecule has 0 heterocycles. The average Bonchev–Trinajstić information content (AvgIpc) is 2.61. The van der Waals surface area contributed by atoms with E-state index in [-0.39, 0.29) is 0 Å². The van der Waals surface area contributed by atoms with Crippen molar-refractivity contribution in [2.45, 2.75) is 0 Å². The lowest BCUT2D eigenvalue weighted by molar-refractivity contribution is 0.589. The van der Waals surface area contributed by atoms with Gasteiger partial charge in [-0.05, 0) is 11.2 Å². The van der Waals surface area contributed by atoms with Gasteiger partial charge in [-0.15, -0.1) is 0 Å². The van der Waals surface area contributed by atoms with Crippen LogP contribution in [0.1, 0.15) is 0 Å². The van der Waals surface area contributed by atoms with E-state index in [1.165, 1.54) is 6.66 Å². The normalized spacial score (nSPS) is 13.9. The highest BCUT2D eigenvalue weighted by molar-refractivity contribution is 7.97. The quantitative estimate of drug-likeness (QED) is 0.576. The summed E-state index contributed by atoms with van der Waals surface area (Å²) in [7, 11) is -2.44. The maximum Gasteiger partial charge on any atom is 0.272 e. The van der Waals surface area contributed by atoms with E-state index in [1.807, 2.05) is 91.0 Å². The Hall–Kier alpha value is -1.59. The summed E-state index contributed by atoms with van der Waals surface area (Å²) >= 11 is 6.18. The molecule has 0 aliphatic carbocycles. The molecule has 0 aliphatic heterocycles. The van der Waals surface area contributed by atoms with Crippen LogP contribution < -0.4 is 15.9 Å². The van der Waals surface area contributed by atoms with Crippen LogP contribution in [-0.4, -0.2) is 6.66 Å². The average molecular weight is 374 g/mol. The molecule has 3 aromatic carbocycles. The van der Waals surface area contributed by atoms with Gasteiger partial charge in [0.2, 0.25) is 0 Å². The molecule has 3 rings (SSSR count). The molecular formula is C19H18ClNOP2. The Balaban J connectivity index is 2.48. The van der Waals surface area contributed by atoms with Crippen molar-refractivity contribution in [3.05, 3.63) is 91.0 Å². The fourth-order valence-electron chi connectivity index (χ4n) is 2.77. The van der Waals surface area contributed by atoms with Crippen LogP contribution in [0.3, 0.4) is 0 Å². The van der Waals surface area contributed by atoms with Gasteiger partial charge in [0.15, 0.2) is 0 Å².